The predicted molar refractivity (Wildman–Crippen MR) is 74.5 cm³/mol. The third-order valence-corrected chi connectivity index (χ3v) is 2.62. The zero-order valence-corrected chi connectivity index (χ0v) is 11.3. The van der Waals surface area contributed by atoms with Crippen molar-refractivity contribution in [2.24, 2.45) is 0 Å². The van der Waals surface area contributed by atoms with Gasteiger partial charge in [-0.15, -0.1) is 0 Å². The van der Waals surface area contributed by atoms with Gasteiger partial charge in [0.1, 0.15) is 5.69 Å². The molecule has 0 fully saturated rings. The molecule has 0 saturated carbocycles. The molecule has 0 aliphatic rings. The van der Waals surface area contributed by atoms with Crippen LogP contribution in [-0.4, -0.2) is 23.5 Å². The molecule has 0 aliphatic carbocycles. The molecule has 5 nitrogen and oxygen atoms in total. The number of hydrogen-bond acceptors (Lipinski definition) is 4. The van der Waals surface area contributed by atoms with Crippen molar-refractivity contribution in [1.82, 2.24) is 4.98 Å². The molecule has 21 heavy (non-hydrogen) atoms. The number of ether oxygens (including phenoxy) is 1. The van der Waals surface area contributed by atoms with Gasteiger partial charge >= 0.3 is 5.97 Å². The van der Waals surface area contributed by atoms with E-state index in [0.29, 0.717) is 0 Å². The van der Waals surface area contributed by atoms with Gasteiger partial charge < -0.3 is 10.1 Å². The number of hydrogen-bond donors (Lipinski definition) is 1. The monoisotopic (exact) mass is 288 g/mol. The second-order valence-corrected chi connectivity index (χ2v) is 4.07. The van der Waals surface area contributed by atoms with Crippen LogP contribution in [0.4, 0.5) is 10.1 Å². The molecule has 0 atom stereocenters. The quantitative estimate of drug-likeness (QED) is 0.693. The van der Waals surface area contributed by atoms with Crippen LogP contribution in [0.5, 0.6) is 0 Å². The van der Waals surface area contributed by atoms with Gasteiger partial charge in [-0.1, -0.05) is 18.2 Å². The summed E-state index contributed by atoms with van der Waals surface area (Å²) in [6.45, 7) is 1.92. The van der Waals surface area contributed by atoms with Crippen molar-refractivity contribution in [3.05, 3.63) is 59.7 Å². The first-order chi connectivity index (χ1) is 10.1. The standard InChI is InChI=1S/C15H13FN2O3/c1-2-21-15(20)10-6-3-4-7-11(10)18-14(19)12-8-5-9-13(16)17-12/h3-9H,2H2,1H3,(H,18,19). The lowest BCUT2D eigenvalue weighted by Crippen LogP contribution is -2.17. The van der Waals surface area contributed by atoms with Crippen LogP contribution in [0.1, 0.15) is 27.8 Å². The van der Waals surface area contributed by atoms with E-state index in [2.05, 4.69) is 10.3 Å². The number of anilines is 1. The number of carbonyl (C=O) groups is 2. The number of rotatable bonds is 4. The molecule has 1 heterocycles. The number of amides is 1. The van der Waals surface area contributed by atoms with E-state index in [1.807, 2.05) is 0 Å². The van der Waals surface area contributed by atoms with Gasteiger partial charge in [0.2, 0.25) is 5.95 Å². The minimum atomic E-state index is -0.749. The number of esters is 1. The summed E-state index contributed by atoms with van der Waals surface area (Å²) in [5, 5.41) is 2.52. The lowest BCUT2D eigenvalue weighted by Gasteiger charge is -2.09. The Bertz CT molecular complexity index is 673. The summed E-state index contributed by atoms with van der Waals surface area (Å²) in [6.07, 6.45) is 0. The fraction of sp³-hybridized carbons (Fsp3) is 0.133. The average Bonchev–Trinajstić information content (AvgIpc) is 2.48. The Morgan fingerprint density at radius 2 is 1.95 bits per heavy atom. The highest BCUT2D eigenvalue weighted by Crippen LogP contribution is 2.17. The molecule has 2 rings (SSSR count). The number of para-hydroxylation sites is 1. The zero-order valence-electron chi connectivity index (χ0n) is 11.3. The Kier molecular flexibility index (Phi) is 4.61. The molecule has 0 aliphatic heterocycles. The van der Waals surface area contributed by atoms with Gasteiger partial charge in [-0.3, -0.25) is 4.79 Å². The van der Waals surface area contributed by atoms with Crippen LogP contribution in [0.3, 0.4) is 0 Å². The second kappa shape index (κ2) is 6.60. The summed E-state index contributed by atoms with van der Waals surface area (Å²) in [5.74, 6) is -1.90. The van der Waals surface area contributed by atoms with Crippen molar-refractivity contribution in [3.8, 4) is 0 Å². The van der Waals surface area contributed by atoms with E-state index in [4.69, 9.17) is 4.74 Å². The smallest absolute Gasteiger partial charge is 0.340 e. The van der Waals surface area contributed by atoms with Gasteiger partial charge in [0.05, 0.1) is 17.9 Å². The summed E-state index contributed by atoms with van der Waals surface area (Å²) in [4.78, 5) is 27.3. The molecule has 1 aromatic heterocycles. The summed E-state index contributed by atoms with van der Waals surface area (Å²) in [5.41, 5.74) is 0.435. The fourth-order valence-electron chi connectivity index (χ4n) is 1.70. The number of carbonyl (C=O) groups excluding carboxylic acids is 2. The van der Waals surface area contributed by atoms with Crippen molar-refractivity contribution in [3.63, 3.8) is 0 Å². The van der Waals surface area contributed by atoms with Crippen molar-refractivity contribution < 1.29 is 18.7 Å². The minimum Gasteiger partial charge on any atom is -0.462 e. The molecular formula is C15H13FN2O3. The number of halogens is 1. The maximum absolute atomic E-state index is 13.0. The van der Waals surface area contributed by atoms with E-state index in [-0.39, 0.29) is 23.6 Å². The number of nitrogens with one attached hydrogen (secondary N) is 1. The Labute approximate surface area is 120 Å². The highest BCUT2D eigenvalue weighted by molar-refractivity contribution is 6.07. The van der Waals surface area contributed by atoms with Gasteiger partial charge in [0, 0.05) is 0 Å². The molecule has 1 amide bonds. The Morgan fingerprint density at radius 3 is 2.67 bits per heavy atom. The van der Waals surface area contributed by atoms with E-state index in [0.717, 1.165) is 6.07 Å². The van der Waals surface area contributed by atoms with Gasteiger partial charge in [0.15, 0.2) is 0 Å². The van der Waals surface area contributed by atoms with Gasteiger partial charge in [0.25, 0.3) is 5.91 Å². The van der Waals surface area contributed by atoms with E-state index in [1.165, 1.54) is 18.2 Å². The summed E-state index contributed by atoms with van der Waals surface area (Å²) < 4.78 is 17.9. The molecule has 0 radical (unpaired) electrons. The van der Waals surface area contributed by atoms with Crippen LogP contribution in [0, 0.1) is 5.95 Å². The fourth-order valence-corrected chi connectivity index (χ4v) is 1.70. The summed E-state index contributed by atoms with van der Waals surface area (Å²) in [6, 6.07) is 10.3. The van der Waals surface area contributed by atoms with E-state index >= 15 is 0 Å². The van der Waals surface area contributed by atoms with E-state index in [1.54, 1.807) is 25.1 Å². The van der Waals surface area contributed by atoms with Gasteiger partial charge in [-0.05, 0) is 31.2 Å². The molecule has 1 N–H and O–H groups in total. The average molecular weight is 288 g/mol. The van der Waals surface area contributed by atoms with Crippen LogP contribution in [0.2, 0.25) is 0 Å². The maximum atomic E-state index is 13.0. The van der Waals surface area contributed by atoms with Gasteiger partial charge in [-0.2, -0.15) is 4.39 Å². The molecular weight excluding hydrogens is 275 g/mol. The Morgan fingerprint density at radius 1 is 1.19 bits per heavy atom. The molecule has 108 valence electrons. The molecule has 0 unspecified atom stereocenters. The van der Waals surface area contributed by atoms with E-state index in [9.17, 15) is 14.0 Å². The SMILES string of the molecule is CCOC(=O)c1ccccc1NC(=O)c1cccc(F)n1. The van der Waals surface area contributed by atoms with Crippen molar-refractivity contribution >= 4 is 17.6 Å². The highest BCUT2D eigenvalue weighted by atomic mass is 19.1. The lowest BCUT2D eigenvalue weighted by molar-refractivity contribution is 0.0527. The number of pyridine rings is 1. The molecule has 0 bridgehead atoms. The molecule has 2 aromatic rings. The number of nitrogens with zero attached hydrogens (tertiary/aromatic N) is 1. The highest BCUT2D eigenvalue weighted by Gasteiger charge is 2.15. The second-order valence-electron chi connectivity index (χ2n) is 4.07. The molecule has 0 saturated heterocycles. The van der Waals surface area contributed by atoms with Gasteiger partial charge in [-0.25, -0.2) is 9.78 Å². The summed E-state index contributed by atoms with van der Waals surface area (Å²) in [7, 11) is 0. The normalized spacial score (nSPS) is 10.0. The minimum absolute atomic E-state index is 0.0753. The molecule has 1 aromatic carbocycles. The van der Waals surface area contributed by atoms with Crippen molar-refractivity contribution in [2.75, 3.05) is 11.9 Å². The van der Waals surface area contributed by atoms with Crippen LogP contribution in [-0.2, 0) is 4.74 Å². The first kappa shape index (κ1) is 14.6. The van der Waals surface area contributed by atoms with Crippen LogP contribution < -0.4 is 5.32 Å². The first-order valence-corrected chi connectivity index (χ1v) is 6.32. The summed E-state index contributed by atoms with van der Waals surface area (Å²) >= 11 is 0. The zero-order chi connectivity index (χ0) is 15.2. The van der Waals surface area contributed by atoms with Crippen molar-refractivity contribution in [1.29, 1.82) is 0 Å². The Hall–Kier alpha value is -2.76. The largest absolute Gasteiger partial charge is 0.462 e. The number of aromatic nitrogens is 1. The van der Waals surface area contributed by atoms with Crippen molar-refractivity contribution in [2.45, 2.75) is 6.92 Å². The first-order valence-electron chi connectivity index (χ1n) is 6.32. The predicted octanol–water partition coefficient (Wildman–Crippen LogP) is 2.65. The maximum Gasteiger partial charge on any atom is 0.340 e. The molecule has 0 spiro atoms. The third kappa shape index (κ3) is 3.62. The van der Waals surface area contributed by atoms with Crippen LogP contribution in [0.15, 0.2) is 42.5 Å². The van der Waals surface area contributed by atoms with Crippen LogP contribution >= 0.6 is 0 Å². The topological polar surface area (TPSA) is 68.3 Å². The third-order valence-electron chi connectivity index (χ3n) is 2.62. The lowest BCUT2D eigenvalue weighted by atomic mass is 10.1. The number of benzene rings is 1. The molecule has 6 heteroatoms. The Balaban J connectivity index is 2.23. The van der Waals surface area contributed by atoms with E-state index < -0.39 is 17.8 Å². The van der Waals surface area contributed by atoms with Crippen LogP contribution in [0.25, 0.3) is 0 Å².